The van der Waals surface area contributed by atoms with Gasteiger partial charge in [0.2, 0.25) is 6.29 Å². The Morgan fingerprint density at radius 2 is 1.91 bits per heavy atom. The summed E-state index contributed by atoms with van der Waals surface area (Å²) in [7, 11) is 0. The molecule has 0 radical (unpaired) electrons. The zero-order valence-electron chi connectivity index (χ0n) is 21.0. The van der Waals surface area contributed by atoms with Crippen LogP contribution in [0.3, 0.4) is 0 Å². The number of esters is 1. The first-order chi connectivity index (χ1) is 16.2. The van der Waals surface area contributed by atoms with Gasteiger partial charge in [0, 0.05) is 5.92 Å². The first kappa shape index (κ1) is 28.0. The van der Waals surface area contributed by atoms with Gasteiger partial charge in [0.05, 0.1) is 17.6 Å². The summed E-state index contributed by atoms with van der Waals surface area (Å²) in [5.41, 5.74) is -1.92. The highest BCUT2D eigenvalue weighted by Gasteiger charge is 2.61. The molecule has 0 aromatic rings. The highest BCUT2D eigenvalue weighted by molar-refractivity contribution is 5.98. The second-order valence-electron chi connectivity index (χ2n) is 11.3. The summed E-state index contributed by atoms with van der Waals surface area (Å²) >= 11 is 0. The van der Waals surface area contributed by atoms with E-state index >= 15 is 0 Å². The first-order valence-corrected chi connectivity index (χ1v) is 12.3. The topological polar surface area (TPSA) is 154 Å². The summed E-state index contributed by atoms with van der Waals surface area (Å²) in [5, 5.41) is 50.3. The number of hydrogen-bond donors (Lipinski definition) is 5. The van der Waals surface area contributed by atoms with Gasteiger partial charge in [-0.2, -0.15) is 0 Å². The maximum Gasteiger partial charge on any atom is 0.314 e. The van der Waals surface area contributed by atoms with Crippen molar-refractivity contribution in [3.05, 3.63) is 24.3 Å². The van der Waals surface area contributed by atoms with Gasteiger partial charge in [-0.25, -0.2) is 0 Å². The molecular weight excluding hydrogens is 456 g/mol. The third-order valence-corrected chi connectivity index (χ3v) is 8.63. The van der Waals surface area contributed by atoms with Crippen molar-refractivity contribution in [2.75, 3.05) is 6.61 Å². The van der Waals surface area contributed by atoms with Crippen LogP contribution in [0.4, 0.5) is 0 Å². The number of ketones is 1. The first-order valence-electron chi connectivity index (χ1n) is 12.3. The molecule has 1 saturated heterocycles. The van der Waals surface area contributed by atoms with Gasteiger partial charge in [0.1, 0.15) is 24.4 Å². The van der Waals surface area contributed by atoms with Crippen molar-refractivity contribution < 1.29 is 44.6 Å². The smallest absolute Gasteiger partial charge is 0.314 e. The zero-order valence-corrected chi connectivity index (χ0v) is 21.0. The quantitative estimate of drug-likeness (QED) is 0.257. The molecule has 0 aromatic heterocycles. The van der Waals surface area contributed by atoms with Crippen molar-refractivity contribution >= 4 is 11.8 Å². The van der Waals surface area contributed by atoms with Crippen molar-refractivity contribution in [2.45, 2.75) is 96.1 Å². The molecule has 9 nitrogen and oxygen atoms in total. The van der Waals surface area contributed by atoms with E-state index in [1.165, 1.54) is 6.08 Å². The Labute approximate surface area is 206 Å². The lowest BCUT2D eigenvalue weighted by Gasteiger charge is -2.55. The fourth-order valence-electron chi connectivity index (χ4n) is 6.52. The predicted octanol–water partition coefficient (Wildman–Crippen LogP) is 1.00. The summed E-state index contributed by atoms with van der Waals surface area (Å²) in [6.07, 6.45) is -1.83. The average molecular weight is 497 g/mol. The highest BCUT2D eigenvalue weighted by Crippen LogP contribution is 2.60. The summed E-state index contributed by atoms with van der Waals surface area (Å²) in [6, 6.07) is 0. The van der Waals surface area contributed by atoms with Crippen molar-refractivity contribution in [2.24, 2.45) is 22.7 Å². The van der Waals surface area contributed by atoms with Crippen LogP contribution >= 0.6 is 0 Å². The molecule has 35 heavy (non-hydrogen) atoms. The second kappa shape index (κ2) is 10.0. The van der Waals surface area contributed by atoms with Crippen LogP contribution in [-0.2, 0) is 19.1 Å². The molecule has 198 valence electrons. The molecule has 5 N–H and O–H groups in total. The maximum atomic E-state index is 13.6. The molecule has 10 atom stereocenters. The molecule has 2 aliphatic carbocycles. The molecule has 9 heteroatoms. The molecule has 1 aliphatic heterocycles. The molecule has 0 unspecified atom stereocenters. The predicted molar refractivity (Wildman–Crippen MR) is 126 cm³/mol. The van der Waals surface area contributed by atoms with Crippen LogP contribution in [-0.4, -0.2) is 80.2 Å². The molecule has 1 heterocycles. The standard InChI is InChI=1S/C26H40O9/c1-6-24(3,33)11-8-15-14(2)12-16(28)21-25(15,4)9-7-10-26(21,5)23(32)35-22-20(31)19(30)18(29)17(13-27)34-22/h6,12,15,17-22,27,29-31,33H,1,7-11,13H2,2-5H3/t15-,17+,18+,19-,20+,21+,22-,24+,25+,26-/m0/s1. The van der Waals surface area contributed by atoms with E-state index in [1.54, 1.807) is 19.9 Å². The van der Waals surface area contributed by atoms with Gasteiger partial charge in [-0.1, -0.05) is 25.0 Å². The number of carbonyl (C=O) groups is 2. The van der Waals surface area contributed by atoms with Gasteiger partial charge < -0.3 is 35.0 Å². The Morgan fingerprint density at radius 1 is 1.26 bits per heavy atom. The summed E-state index contributed by atoms with van der Waals surface area (Å²) in [6.45, 7) is 10.3. The molecule has 1 saturated carbocycles. The Bertz CT molecular complexity index is 865. The number of carbonyl (C=O) groups excluding carboxylic acids is 2. The number of fused-ring (bicyclic) bond motifs is 1. The van der Waals surface area contributed by atoms with Crippen LogP contribution in [0.1, 0.15) is 59.8 Å². The van der Waals surface area contributed by atoms with Crippen LogP contribution in [0, 0.1) is 22.7 Å². The van der Waals surface area contributed by atoms with Crippen LogP contribution in [0.2, 0.25) is 0 Å². The Hall–Kier alpha value is -1.62. The minimum Gasteiger partial charge on any atom is -0.432 e. The van der Waals surface area contributed by atoms with E-state index in [0.29, 0.717) is 25.7 Å². The largest absolute Gasteiger partial charge is 0.432 e. The van der Waals surface area contributed by atoms with E-state index in [1.807, 2.05) is 13.8 Å². The van der Waals surface area contributed by atoms with E-state index in [2.05, 4.69) is 6.58 Å². The van der Waals surface area contributed by atoms with Crippen LogP contribution in [0.15, 0.2) is 24.3 Å². The summed E-state index contributed by atoms with van der Waals surface area (Å²) < 4.78 is 10.9. The molecule has 0 amide bonds. The summed E-state index contributed by atoms with van der Waals surface area (Å²) in [4.78, 5) is 26.9. The molecule has 0 spiro atoms. The third kappa shape index (κ3) is 4.99. The Kier molecular flexibility index (Phi) is 8.01. The third-order valence-electron chi connectivity index (χ3n) is 8.63. The highest BCUT2D eigenvalue weighted by atomic mass is 16.7. The monoisotopic (exact) mass is 496 g/mol. The van der Waals surface area contributed by atoms with Crippen molar-refractivity contribution in [1.82, 2.24) is 0 Å². The number of ether oxygens (including phenoxy) is 2. The normalized spacial score (nSPS) is 43.5. The number of aliphatic hydroxyl groups is 5. The fraction of sp³-hybridized carbons (Fsp3) is 0.769. The zero-order chi connectivity index (χ0) is 26.3. The lowest BCUT2D eigenvalue weighted by atomic mass is 9.47. The van der Waals surface area contributed by atoms with Gasteiger partial charge >= 0.3 is 5.97 Å². The van der Waals surface area contributed by atoms with E-state index in [-0.39, 0.29) is 11.7 Å². The minimum absolute atomic E-state index is 0.0451. The number of rotatable bonds is 7. The lowest BCUT2D eigenvalue weighted by molar-refractivity contribution is -0.296. The van der Waals surface area contributed by atoms with E-state index in [4.69, 9.17) is 9.47 Å². The SMILES string of the molecule is C=C[C@@](C)(O)CC[C@H]1C(C)=CC(=O)[C@@H]2[C@]1(C)CCC[C@]2(C)C(=O)O[C@@H]1O[C@H](CO)[C@@H](O)[C@H](O)[C@H]1O. The van der Waals surface area contributed by atoms with Crippen LogP contribution in [0.5, 0.6) is 0 Å². The average Bonchev–Trinajstić information content (AvgIpc) is 2.78. The molecule has 3 rings (SSSR count). The number of aliphatic hydroxyl groups excluding tert-OH is 4. The molecular formula is C26H40O9. The minimum atomic E-state index is -1.71. The van der Waals surface area contributed by atoms with Crippen molar-refractivity contribution in [3.63, 3.8) is 0 Å². The van der Waals surface area contributed by atoms with Gasteiger partial charge in [-0.15, -0.1) is 6.58 Å². The van der Waals surface area contributed by atoms with Crippen LogP contribution < -0.4 is 0 Å². The number of hydrogen-bond acceptors (Lipinski definition) is 9. The molecule has 0 aromatic carbocycles. The van der Waals surface area contributed by atoms with Gasteiger partial charge in [0.15, 0.2) is 5.78 Å². The van der Waals surface area contributed by atoms with E-state index in [9.17, 15) is 35.1 Å². The second-order valence-corrected chi connectivity index (χ2v) is 11.3. The Morgan fingerprint density at radius 3 is 2.51 bits per heavy atom. The van der Waals surface area contributed by atoms with Gasteiger partial charge in [-0.05, 0) is 63.9 Å². The van der Waals surface area contributed by atoms with E-state index in [0.717, 1.165) is 12.0 Å². The number of allylic oxidation sites excluding steroid dienone is 2. The van der Waals surface area contributed by atoms with Gasteiger partial charge in [-0.3, -0.25) is 9.59 Å². The maximum absolute atomic E-state index is 13.6. The van der Waals surface area contributed by atoms with Crippen molar-refractivity contribution in [1.29, 1.82) is 0 Å². The fourth-order valence-corrected chi connectivity index (χ4v) is 6.52. The molecule has 3 aliphatic rings. The lowest BCUT2D eigenvalue weighted by Crippen LogP contribution is -2.61. The summed E-state index contributed by atoms with van der Waals surface area (Å²) in [5.74, 6) is -1.64. The molecule has 2 fully saturated rings. The Balaban J connectivity index is 1.89. The van der Waals surface area contributed by atoms with Gasteiger partial charge in [0.25, 0.3) is 0 Å². The van der Waals surface area contributed by atoms with Crippen LogP contribution in [0.25, 0.3) is 0 Å². The molecule has 0 bridgehead atoms. The van der Waals surface area contributed by atoms with E-state index < -0.39 is 65.6 Å². The van der Waals surface area contributed by atoms with Crippen molar-refractivity contribution in [3.8, 4) is 0 Å².